The van der Waals surface area contributed by atoms with E-state index in [0.29, 0.717) is 18.5 Å². The number of allylic oxidation sites excluding steroid dienone is 2. The average molecular weight is 434 g/mol. The molecule has 0 saturated heterocycles. The maximum absolute atomic E-state index is 12.8. The van der Waals surface area contributed by atoms with Crippen LogP contribution < -0.4 is 9.64 Å². The van der Waals surface area contributed by atoms with Gasteiger partial charge in [0, 0.05) is 35.7 Å². The molecule has 0 unspecified atom stereocenters. The summed E-state index contributed by atoms with van der Waals surface area (Å²) in [5.41, 5.74) is 6.56. The average Bonchev–Trinajstić information content (AvgIpc) is 2.71. The Bertz CT molecular complexity index is 1120. The number of aryl methyl sites for hydroxylation is 1. The van der Waals surface area contributed by atoms with E-state index < -0.39 is 5.97 Å². The normalized spacial score (nSPS) is 15.8. The molecule has 1 N–H and O–H groups in total. The molecule has 5 nitrogen and oxygen atoms in total. The maximum atomic E-state index is 12.8. The summed E-state index contributed by atoms with van der Waals surface area (Å²) in [5, 5.41) is 8.91. The zero-order valence-electron chi connectivity index (χ0n) is 19.7. The fourth-order valence-corrected chi connectivity index (χ4v) is 4.31. The van der Waals surface area contributed by atoms with Crippen LogP contribution in [0.2, 0.25) is 0 Å². The Morgan fingerprint density at radius 2 is 1.94 bits per heavy atom. The van der Waals surface area contributed by atoms with Gasteiger partial charge in [-0.3, -0.25) is 4.79 Å². The Hall–Kier alpha value is -3.34. The van der Waals surface area contributed by atoms with Gasteiger partial charge in [-0.1, -0.05) is 38.1 Å². The predicted octanol–water partition coefficient (Wildman–Crippen LogP) is 5.75. The number of anilines is 1. The van der Waals surface area contributed by atoms with Crippen molar-refractivity contribution in [2.75, 3.05) is 18.6 Å². The van der Waals surface area contributed by atoms with Gasteiger partial charge in [-0.05, 0) is 66.8 Å². The quantitative estimate of drug-likeness (QED) is 0.465. The fraction of sp³-hybridized carbons (Fsp3) is 0.333. The van der Waals surface area contributed by atoms with Crippen LogP contribution in [-0.2, 0) is 15.0 Å². The van der Waals surface area contributed by atoms with Gasteiger partial charge in [0.15, 0.2) is 0 Å². The lowest BCUT2D eigenvalue weighted by atomic mass is 9.75. The molecular formula is C27H31NO4. The Morgan fingerprint density at radius 3 is 2.56 bits per heavy atom. The summed E-state index contributed by atoms with van der Waals surface area (Å²) in [6, 6.07) is 10.2. The summed E-state index contributed by atoms with van der Waals surface area (Å²) in [5.74, 6) is -0.0817. The highest BCUT2D eigenvalue weighted by atomic mass is 16.5. The summed E-state index contributed by atoms with van der Waals surface area (Å²) in [4.78, 5) is 25.5. The van der Waals surface area contributed by atoms with Gasteiger partial charge in [-0.25, -0.2) is 4.79 Å². The number of aliphatic carboxylic acids is 1. The van der Waals surface area contributed by atoms with Gasteiger partial charge in [0.05, 0.1) is 7.11 Å². The molecule has 0 atom stereocenters. The van der Waals surface area contributed by atoms with Crippen molar-refractivity contribution in [3.63, 3.8) is 0 Å². The van der Waals surface area contributed by atoms with Crippen LogP contribution in [0.4, 0.5) is 5.69 Å². The Kier molecular flexibility index (Phi) is 6.58. The largest absolute Gasteiger partial charge is 0.496 e. The van der Waals surface area contributed by atoms with Crippen molar-refractivity contribution in [1.29, 1.82) is 0 Å². The van der Waals surface area contributed by atoms with Crippen LogP contribution in [0.15, 0.2) is 48.1 Å². The minimum atomic E-state index is -0.967. The Balaban J connectivity index is 2.15. The van der Waals surface area contributed by atoms with Gasteiger partial charge in [-0.15, -0.1) is 0 Å². The summed E-state index contributed by atoms with van der Waals surface area (Å²) < 4.78 is 5.65. The number of carbonyl (C=O) groups excluding carboxylic acids is 1. The van der Waals surface area contributed by atoms with Crippen molar-refractivity contribution >= 4 is 23.6 Å². The lowest BCUT2D eigenvalue weighted by molar-refractivity contribution is -0.131. The van der Waals surface area contributed by atoms with E-state index in [1.165, 1.54) is 11.6 Å². The second-order valence-electron chi connectivity index (χ2n) is 8.90. The number of carbonyl (C=O) groups is 2. The van der Waals surface area contributed by atoms with Gasteiger partial charge in [0.1, 0.15) is 5.75 Å². The maximum Gasteiger partial charge on any atom is 0.328 e. The van der Waals surface area contributed by atoms with E-state index in [1.54, 1.807) is 20.1 Å². The predicted molar refractivity (Wildman–Crippen MR) is 129 cm³/mol. The number of carboxylic acids is 1. The summed E-state index contributed by atoms with van der Waals surface area (Å²) in [6.45, 7) is 10.7. The molecule has 0 saturated carbocycles. The number of nitrogens with zero attached hydrogens (tertiary/aromatic N) is 1. The number of ether oxygens (including phenoxy) is 1. The molecular weight excluding hydrogens is 402 g/mol. The van der Waals surface area contributed by atoms with Crippen LogP contribution in [0, 0.1) is 6.92 Å². The van der Waals surface area contributed by atoms with Gasteiger partial charge in [-0.2, -0.15) is 0 Å². The summed E-state index contributed by atoms with van der Waals surface area (Å²) in [6.07, 6.45) is 5.34. The van der Waals surface area contributed by atoms with E-state index >= 15 is 0 Å². The van der Waals surface area contributed by atoms with E-state index in [-0.39, 0.29) is 11.3 Å². The minimum Gasteiger partial charge on any atom is -0.496 e. The van der Waals surface area contributed by atoms with Crippen LogP contribution in [-0.4, -0.2) is 30.6 Å². The molecule has 1 aliphatic heterocycles. The molecule has 1 amide bonds. The first kappa shape index (κ1) is 23.3. The standard InChI is InChI=1S/C27H31NO4/c1-7-28-23-15-20(18(3)13-22(23)27(4,5)16-25(28)29)21-14-19(10-11-24(21)32-6)9-8-17(2)12-26(30)31/h8-15H,7,16H2,1-6H3,(H,30,31)/b9-8+,17-12+. The molecule has 1 aliphatic rings. The molecule has 0 spiro atoms. The second kappa shape index (κ2) is 9.03. The van der Waals surface area contributed by atoms with Crippen molar-refractivity contribution in [2.24, 2.45) is 0 Å². The van der Waals surface area contributed by atoms with Crippen molar-refractivity contribution in [1.82, 2.24) is 0 Å². The van der Waals surface area contributed by atoms with Crippen LogP contribution in [0.1, 0.15) is 50.8 Å². The molecule has 0 fully saturated rings. The van der Waals surface area contributed by atoms with Crippen molar-refractivity contribution in [2.45, 2.75) is 46.5 Å². The lowest BCUT2D eigenvalue weighted by Gasteiger charge is -2.39. The molecule has 0 aromatic heterocycles. The van der Waals surface area contributed by atoms with Gasteiger partial charge in [0.25, 0.3) is 0 Å². The van der Waals surface area contributed by atoms with Crippen molar-refractivity contribution < 1.29 is 19.4 Å². The topological polar surface area (TPSA) is 66.8 Å². The SMILES string of the molecule is CCN1C(=O)CC(C)(C)c2cc(C)c(-c3cc(/C=C/C(C)=C/C(=O)O)ccc3OC)cc21. The number of amides is 1. The van der Waals surface area contributed by atoms with Gasteiger partial charge in [0.2, 0.25) is 5.91 Å². The van der Waals surface area contributed by atoms with E-state index in [9.17, 15) is 9.59 Å². The molecule has 0 aliphatic carbocycles. The van der Waals surface area contributed by atoms with Crippen LogP contribution >= 0.6 is 0 Å². The van der Waals surface area contributed by atoms with E-state index in [0.717, 1.165) is 33.7 Å². The number of hydrogen-bond acceptors (Lipinski definition) is 3. The highest BCUT2D eigenvalue weighted by Gasteiger charge is 2.36. The first-order valence-electron chi connectivity index (χ1n) is 10.8. The Labute approximate surface area is 190 Å². The molecule has 168 valence electrons. The number of carboxylic acid groups (broad SMARTS) is 1. The number of fused-ring (bicyclic) bond motifs is 1. The monoisotopic (exact) mass is 433 g/mol. The molecule has 0 bridgehead atoms. The van der Waals surface area contributed by atoms with Crippen LogP contribution in [0.5, 0.6) is 5.75 Å². The van der Waals surface area contributed by atoms with Crippen LogP contribution in [0.25, 0.3) is 17.2 Å². The molecule has 1 heterocycles. The number of benzene rings is 2. The number of rotatable bonds is 6. The van der Waals surface area contributed by atoms with Gasteiger partial charge >= 0.3 is 5.97 Å². The first-order chi connectivity index (χ1) is 15.1. The minimum absolute atomic E-state index is 0.143. The van der Waals surface area contributed by atoms with E-state index in [1.807, 2.05) is 36.1 Å². The molecule has 2 aromatic rings. The fourth-order valence-electron chi connectivity index (χ4n) is 4.31. The van der Waals surface area contributed by atoms with Gasteiger partial charge < -0.3 is 14.7 Å². The van der Waals surface area contributed by atoms with Crippen molar-refractivity contribution in [3.8, 4) is 16.9 Å². The lowest BCUT2D eigenvalue weighted by Crippen LogP contribution is -2.41. The molecule has 2 aromatic carbocycles. The second-order valence-corrected chi connectivity index (χ2v) is 8.90. The van der Waals surface area contributed by atoms with E-state index in [4.69, 9.17) is 9.84 Å². The van der Waals surface area contributed by atoms with E-state index in [2.05, 4.69) is 32.9 Å². The zero-order valence-corrected chi connectivity index (χ0v) is 19.7. The summed E-state index contributed by atoms with van der Waals surface area (Å²) >= 11 is 0. The van der Waals surface area contributed by atoms with Crippen LogP contribution in [0.3, 0.4) is 0 Å². The molecule has 3 rings (SSSR count). The highest BCUT2D eigenvalue weighted by Crippen LogP contribution is 2.44. The zero-order chi connectivity index (χ0) is 23.6. The molecule has 32 heavy (non-hydrogen) atoms. The number of methoxy groups -OCH3 is 1. The molecule has 5 heteroatoms. The number of hydrogen-bond donors (Lipinski definition) is 1. The summed E-state index contributed by atoms with van der Waals surface area (Å²) in [7, 11) is 1.65. The first-order valence-corrected chi connectivity index (χ1v) is 10.8. The van der Waals surface area contributed by atoms with Crippen molar-refractivity contribution in [3.05, 3.63) is 64.7 Å². The molecule has 0 radical (unpaired) electrons. The Morgan fingerprint density at radius 1 is 1.22 bits per heavy atom. The third kappa shape index (κ3) is 4.62. The highest BCUT2D eigenvalue weighted by molar-refractivity contribution is 5.99. The third-order valence-electron chi connectivity index (χ3n) is 5.98. The smallest absolute Gasteiger partial charge is 0.328 e. The third-order valence-corrected chi connectivity index (χ3v) is 5.98.